The smallest absolute Gasteiger partial charge is 0.463 e. The minimum atomic E-state index is -0.798. The number of aliphatic hydroxyl groups excluding tert-OH is 1. The number of hydrogen-bond acceptors (Lipinski definition) is 6. The maximum absolute atomic E-state index is 10.9. The fourth-order valence-electron chi connectivity index (χ4n) is 1.27. The lowest BCUT2D eigenvalue weighted by atomic mass is 10.1. The van der Waals surface area contributed by atoms with E-state index in [0.717, 1.165) is 0 Å². The molecule has 0 unspecified atom stereocenters. The van der Waals surface area contributed by atoms with E-state index in [-0.39, 0.29) is 6.61 Å². The van der Waals surface area contributed by atoms with Crippen LogP contribution in [0.5, 0.6) is 0 Å². The van der Waals surface area contributed by atoms with Crippen molar-refractivity contribution < 1.29 is 28.9 Å². The van der Waals surface area contributed by atoms with Gasteiger partial charge in [-0.25, -0.2) is 9.59 Å². The van der Waals surface area contributed by atoms with Crippen LogP contribution >= 0.6 is 0 Å². The first-order valence-corrected chi connectivity index (χ1v) is 4.98. The van der Waals surface area contributed by atoms with Crippen molar-refractivity contribution in [1.82, 2.24) is 0 Å². The van der Waals surface area contributed by atoms with Crippen molar-refractivity contribution in [2.24, 2.45) is 0 Å². The van der Waals surface area contributed by atoms with E-state index in [0.29, 0.717) is 13.0 Å². The standard InChI is InChI=1S/C10H14O6/c1-2-14-9(12)5-3-4-7-8(6-11)16-10(13)15-7/h3,5,7-8,11H,2,4,6H2,1H3/b5-3+/t7-,8+/m0/s1. The van der Waals surface area contributed by atoms with E-state index in [9.17, 15) is 9.59 Å². The molecule has 0 amide bonds. The molecule has 1 rings (SSSR count). The molecule has 6 heteroatoms. The Morgan fingerprint density at radius 3 is 2.81 bits per heavy atom. The molecule has 0 saturated carbocycles. The molecule has 0 aromatic carbocycles. The van der Waals surface area contributed by atoms with Gasteiger partial charge in [0.25, 0.3) is 0 Å². The molecule has 0 aromatic rings. The van der Waals surface area contributed by atoms with Gasteiger partial charge >= 0.3 is 12.1 Å². The highest BCUT2D eigenvalue weighted by Crippen LogP contribution is 2.18. The Hall–Kier alpha value is -1.56. The summed E-state index contributed by atoms with van der Waals surface area (Å²) < 4.78 is 14.1. The SMILES string of the molecule is CCOC(=O)/C=C/C[C@@H]1OC(=O)O[C@@H]1CO. The van der Waals surface area contributed by atoms with Crippen LogP contribution in [0.15, 0.2) is 12.2 Å². The molecule has 16 heavy (non-hydrogen) atoms. The number of carbonyl (C=O) groups is 2. The Kier molecular flexibility index (Phi) is 4.78. The van der Waals surface area contributed by atoms with Crippen LogP contribution in [0.4, 0.5) is 4.79 Å². The van der Waals surface area contributed by atoms with Crippen LogP contribution in [0.2, 0.25) is 0 Å². The van der Waals surface area contributed by atoms with Gasteiger partial charge in [0.15, 0.2) is 6.10 Å². The summed E-state index contributed by atoms with van der Waals surface area (Å²) in [4.78, 5) is 21.7. The van der Waals surface area contributed by atoms with Gasteiger partial charge in [0, 0.05) is 12.5 Å². The maximum atomic E-state index is 10.9. The lowest BCUT2D eigenvalue weighted by molar-refractivity contribution is -0.137. The van der Waals surface area contributed by atoms with Crippen LogP contribution < -0.4 is 0 Å². The molecule has 0 spiro atoms. The van der Waals surface area contributed by atoms with E-state index in [1.54, 1.807) is 6.92 Å². The van der Waals surface area contributed by atoms with Gasteiger partial charge in [-0.2, -0.15) is 0 Å². The highest BCUT2D eigenvalue weighted by molar-refractivity contribution is 5.81. The summed E-state index contributed by atoms with van der Waals surface area (Å²) in [5.74, 6) is -0.451. The Labute approximate surface area is 92.8 Å². The quantitative estimate of drug-likeness (QED) is 0.543. The van der Waals surface area contributed by atoms with Crippen LogP contribution in [-0.2, 0) is 19.0 Å². The predicted molar refractivity (Wildman–Crippen MR) is 52.6 cm³/mol. The number of esters is 1. The Balaban J connectivity index is 2.36. The van der Waals surface area contributed by atoms with E-state index >= 15 is 0 Å². The summed E-state index contributed by atoms with van der Waals surface area (Å²) >= 11 is 0. The minimum Gasteiger partial charge on any atom is -0.463 e. The Morgan fingerprint density at radius 2 is 2.19 bits per heavy atom. The third-order valence-electron chi connectivity index (χ3n) is 2.00. The molecule has 6 nitrogen and oxygen atoms in total. The fourth-order valence-corrected chi connectivity index (χ4v) is 1.27. The van der Waals surface area contributed by atoms with Crippen molar-refractivity contribution in [3.63, 3.8) is 0 Å². The molecule has 1 aliphatic heterocycles. The summed E-state index contributed by atoms with van der Waals surface area (Å²) in [5, 5.41) is 8.87. The van der Waals surface area contributed by atoms with E-state index in [1.807, 2.05) is 0 Å². The van der Waals surface area contributed by atoms with Crippen molar-refractivity contribution in [1.29, 1.82) is 0 Å². The van der Waals surface area contributed by atoms with Crippen molar-refractivity contribution in [2.45, 2.75) is 25.6 Å². The number of ether oxygens (including phenoxy) is 3. The van der Waals surface area contributed by atoms with Gasteiger partial charge in [-0.3, -0.25) is 0 Å². The summed E-state index contributed by atoms with van der Waals surface area (Å²) in [7, 11) is 0. The number of cyclic esters (lactones) is 2. The van der Waals surface area contributed by atoms with Crippen LogP contribution in [-0.4, -0.2) is 42.7 Å². The summed E-state index contributed by atoms with van der Waals surface area (Å²) in [6, 6.07) is 0. The molecule has 0 aliphatic carbocycles. The fraction of sp³-hybridized carbons (Fsp3) is 0.600. The van der Waals surface area contributed by atoms with E-state index < -0.39 is 24.3 Å². The van der Waals surface area contributed by atoms with Gasteiger partial charge in [-0.1, -0.05) is 6.08 Å². The second kappa shape index (κ2) is 6.12. The van der Waals surface area contributed by atoms with Gasteiger partial charge in [0.1, 0.15) is 6.10 Å². The van der Waals surface area contributed by atoms with E-state index in [2.05, 4.69) is 9.47 Å². The van der Waals surface area contributed by atoms with Crippen LogP contribution in [0.25, 0.3) is 0 Å². The molecule has 2 atom stereocenters. The number of carbonyl (C=O) groups excluding carboxylic acids is 2. The first-order valence-electron chi connectivity index (χ1n) is 4.98. The van der Waals surface area contributed by atoms with Crippen LogP contribution in [0.1, 0.15) is 13.3 Å². The monoisotopic (exact) mass is 230 g/mol. The Morgan fingerprint density at radius 1 is 1.50 bits per heavy atom. The predicted octanol–water partition coefficient (Wildman–Crippen LogP) is 0.392. The minimum absolute atomic E-state index is 0.301. The normalized spacial score (nSPS) is 24.2. The highest BCUT2D eigenvalue weighted by Gasteiger charge is 2.35. The molecular weight excluding hydrogens is 216 g/mol. The first-order chi connectivity index (χ1) is 7.67. The topological polar surface area (TPSA) is 82.1 Å². The number of rotatable bonds is 5. The molecule has 1 fully saturated rings. The third kappa shape index (κ3) is 3.54. The molecular formula is C10H14O6. The lowest BCUT2D eigenvalue weighted by Gasteiger charge is -2.09. The number of hydrogen-bond donors (Lipinski definition) is 1. The largest absolute Gasteiger partial charge is 0.509 e. The summed E-state index contributed by atoms with van der Waals surface area (Å²) in [6.07, 6.45) is 1.06. The van der Waals surface area contributed by atoms with Crippen molar-refractivity contribution >= 4 is 12.1 Å². The molecule has 1 aliphatic rings. The molecule has 1 heterocycles. The second-order valence-electron chi connectivity index (χ2n) is 3.14. The Bertz CT molecular complexity index is 285. The summed E-state index contributed by atoms with van der Waals surface area (Å²) in [5.41, 5.74) is 0. The van der Waals surface area contributed by atoms with Crippen molar-refractivity contribution in [3.8, 4) is 0 Å². The zero-order valence-corrected chi connectivity index (χ0v) is 8.92. The molecule has 0 aromatic heterocycles. The molecule has 0 bridgehead atoms. The van der Waals surface area contributed by atoms with Gasteiger partial charge in [-0.15, -0.1) is 0 Å². The van der Waals surface area contributed by atoms with Crippen molar-refractivity contribution in [2.75, 3.05) is 13.2 Å². The zero-order chi connectivity index (χ0) is 12.0. The van der Waals surface area contributed by atoms with Crippen molar-refractivity contribution in [3.05, 3.63) is 12.2 Å². The average Bonchev–Trinajstić information content (AvgIpc) is 2.59. The molecule has 1 N–H and O–H groups in total. The highest BCUT2D eigenvalue weighted by atomic mass is 16.8. The average molecular weight is 230 g/mol. The molecule has 1 saturated heterocycles. The number of aliphatic hydroxyl groups is 1. The van der Waals surface area contributed by atoms with Crippen LogP contribution in [0.3, 0.4) is 0 Å². The second-order valence-corrected chi connectivity index (χ2v) is 3.14. The third-order valence-corrected chi connectivity index (χ3v) is 2.00. The van der Waals surface area contributed by atoms with Gasteiger partial charge in [0.05, 0.1) is 13.2 Å². The zero-order valence-electron chi connectivity index (χ0n) is 8.92. The van der Waals surface area contributed by atoms with Crippen LogP contribution in [0, 0.1) is 0 Å². The summed E-state index contributed by atoms with van der Waals surface area (Å²) in [6.45, 7) is 1.72. The maximum Gasteiger partial charge on any atom is 0.509 e. The van der Waals surface area contributed by atoms with E-state index in [4.69, 9.17) is 9.84 Å². The van der Waals surface area contributed by atoms with Gasteiger partial charge in [-0.05, 0) is 6.92 Å². The first kappa shape index (κ1) is 12.5. The lowest BCUT2D eigenvalue weighted by Crippen LogP contribution is -2.25. The molecule has 90 valence electrons. The van der Waals surface area contributed by atoms with Gasteiger partial charge in [0.2, 0.25) is 0 Å². The van der Waals surface area contributed by atoms with Gasteiger partial charge < -0.3 is 19.3 Å². The molecule has 0 radical (unpaired) electrons. The van der Waals surface area contributed by atoms with E-state index in [1.165, 1.54) is 12.2 Å².